The Morgan fingerprint density at radius 1 is 1.45 bits per heavy atom. The largest absolute Gasteiger partial charge is 0.333 e. The monoisotopic (exact) mass is 301 g/mol. The lowest BCUT2D eigenvalue weighted by Gasteiger charge is -2.38. The Hall–Kier alpha value is -1.42. The number of hydrogen-bond acceptors (Lipinski definition) is 3. The quantitative estimate of drug-likeness (QED) is 0.930. The Morgan fingerprint density at radius 2 is 2.27 bits per heavy atom. The summed E-state index contributed by atoms with van der Waals surface area (Å²) in [5.74, 6) is 1.22. The molecule has 1 amide bonds. The number of nitrogens with one attached hydrogen (secondary N) is 1. The standard InChI is InChI=1S/C18H27N3O/c1-14(11-15-5-2-3-6-15)18(22)21-10-9-20-13-17(21)16-7-4-8-19-12-16/h4,7-8,12,14-15,17,20H,2-3,5-6,9-11,13H2,1H3. The maximum absolute atomic E-state index is 12.9. The molecule has 1 saturated heterocycles. The molecule has 1 aromatic rings. The van der Waals surface area contributed by atoms with Crippen molar-refractivity contribution in [2.45, 2.75) is 45.1 Å². The van der Waals surface area contributed by atoms with Gasteiger partial charge in [-0.1, -0.05) is 38.7 Å². The minimum atomic E-state index is 0.126. The molecule has 0 aromatic carbocycles. The zero-order valence-electron chi connectivity index (χ0n) is 13.5. The number of aromatic nitrogens is 1. The summed E-state index contributed by atoms with van der Waals surface area (Å²) in [6, 6.07) is 4.15. The molecular formula is C18H27N3O. The van der Waals surface area contributed by atoms with E-state index in [1.54, 1.807) is 6.20 Å². The molecule has 1 aliphatic carbocycles. The van der Waals surface area contributed by atoms with Gasteiger partial charge in [-0.15, -0.1) is 0 Å². The number of amides is 1. The Morgan fingerprint density at radius 3 is 3.00 bits per heavy atom. The molecule has 1 saturated carbocycles. The van der Waals surface area contributed by atoms with Gasteiger partial charge in [0.05, 0.1) is 6.04 Å². The third-order valence-corrected chi connectivity index (χ3v) is 5.18. The van der Waals surface area contributed by atoms with Gasteiger partial charge in [-0.25, -0.2) is 0 Å². The number of nitrogens with zero attached hydrogens (tertiary/aromatic N) is 2. The number of piperazine rings is 1. The summed E-state index contributed by atoms with van der Waals surface area (Å²) >= 11 is 0. The van der Waals surface area contributed by atoms with Crippen molar-refractivity contribution in [3.63, 3.8) is 0 Å². The van der Waals surface area contributed by atoms with Gasteiger partial charge in [-0.3, -0.25) is 9.78 Å². The van der Waals surface area contributed by atoms with E-state index in [0.717, 1.165) is 37.5 Å². The third kappa shape index (κ3) is 3.49. The van der Waals surface area contributed by atoms with E-state index < -0.39 is 0 Å². The molecule has 1 aliphatic heterocycles. The first-order valence-electron chi connectivity index (χ1n) is 8.67. The van der Waals surface area contributed by atoms with E-state index in [4.69, 9.17) is 0 Å². The minimum Gasteiger partial charge on any atom is -0.333 e. The third-order valence-electron chi connectivity index (χ3n) is 5.18. The summed E-state index contributed by atoms with van der Waals surface area (Å²) in [4.78, 5) is 19.2. The van der Waals surface area contributed by atoms with E-state index in [1.165, 1.54) is 25.7 Å². The summed E-state index contributed by atoms with van der Waals surface area (Å²) in [6.45, 7) is 4.63. The average molecular weight is 301 g/mol. The smallest absolute Gasteiger partial charge is 0.226 e. The summed E-state index contributed by atoms with van der Waals surface area (Å²) in [6.07, 6.45) is 10.0. The zero-order chi connectivity index (χ0) is 15.4. The maximum Gasteiger partial charge on any atom is 0.226 e. The minimum absolute atomic E-state index is 0.126. The first-order chi connectivity index (χ1) is 10.8. The van der Waals surface area contributed by atoms with Crippen LogP contribution in [0.5, 0.6) is 0 Å². The molecule has 120 valence electrons. The molecule has 1 aromatic heterocycles. The number of rotatable bonds is 4. The van der Waals surface area contributed by atoms with Crippen molar-refractivity contribution in [1.29, 1.82) is 0 Å². The fourth-order valence-electron chi connectivity index (χ4n) is 3.97. The van der Waals surface area contributed by atoms with Crippen molar-refractivity contribution >= 4 is 5.91 Å². The van der Waals surface area contributed by atoms with Gasteiger partial charge in [0.1, 0.15) is 0 Å². The van der Waals surface area contributed by atoms with E-state index >= 15 is 0 Å². The van der Waals surface area contributed by atoms with Crippen LogP contribution in [0.2, 0.25) is 0 Å². The topological polar surface area (TPSA) is 45.2 Å². The van der Waals surface area contributed by atoms with Crippen molar-refractivity contribution in [3.05, 3.63) is 30.1 Å². The average Bonchev–Trinajstić information content (AvgIpc) is 3.08. The summed E-state index contributed by atoms with van der Waals surface area (Å²) < 4.78 is 0. The van der Waals surface area contributed by atoms with Gasteiger partial charge in [0.2, 0.25) is 5.91 Å². The van der Waals surface area contributed by atoms with Crippen LogP contribution in [-0.4, -0.2) is 35.4 Å². The summed E-state index contributed by atoms with van der Waals surface area (Å²) in [7, 11) is 0. The summed E-state index contributed by atoms with van der Waals surface area (Å²) in [5.41, 5.74) is 1.14. The maximum atomic E-state index is 12.9. The first-order valence-corrected chi connectivity index (χ1v) is 8.67. The molecule has 3 rings (SSSR count). The second-order valence-electron chi connectivity index (χ2n) is 6.83. The lowest BCUT2D eigenvalue weighted by molar-refractivity contribution is -0.139. The first kappa shape index (κ1) is 15.5. The highest BCUT2D eigenvalue weighted by molar-refractivity contribution is 5.79. The second kappa shape index (κ2) is 7.23. The van der Waals surface area contributed by atoms with Crippen molar-refractivity contribution < 1.29 is 4.79 Å². The normalized spacial score (nSPS) is 24.4. The van der Waals surface area contributed by atoms with Gasteiger partial charge in [0.25, 0.3) is 0 Å². The van der Waals surface area contributed by atoms with Crippen LogP contribution >= 0.6 is 0 Å². The van der Waals surface area contributed by atoms with Gasteiger partial charge >= 0.3 is 0 Å². The highest BCUT2D eigenvalue weighted by Gasteiger charge is 2.32. The second-order valence-corrected chi connectivity index (χ2v) is 6.83. The van der Waals surface area contributed by atoms with Crippen LogP contribution in [0, 0.1) is 11.8 Å². The Labute approximate surface area is 133 Å². The Balaban J connectivity index is 1.68. The molecule has 1 N–H and O–H groups in total. The van der Waals surface area contributed by atoms with Crippen LogP contribution in [0.3, 0.4) is 0 Å². The van der Waals surface area contributed by atoms with Crippen molar-refractivity contribution in [3.8, 4) is 0 Å². The van der Waals surface area contributed by atoms with Crippen LogP contribution in [0.4, 0.5) is 0 Å². The molecule has 4 heteroatoms. The van der Waals surface area contributed by atoms with Crippen LogP contribution in [-0.2, 0) is 4.79 Å². The fourth-order valence-corrected chi connectivity index (χ4v) is 3.97. The Bertz CT molecular complexity index is 484. The number of carbonyl (C=O) groups excluding carboxylic acids is 1. The van der Waals surface area contributed by atoms with Gasteiger partial charge in [-0.2, -0.15) is 0 Å². The van der Waals surface area contributed by atoms with Crippen molar-refractivity contribution in [2.75, 3.05) is 19.6 Å². The SMILES string of the molecule is CC(CC1CCCC1)C(=O)N1CCNCC1c1cccnc1. The lowest BCUT2D eigenvalue weighted by atomic mass is 9.92. The zero-order valence-corrected chi connectivity index (χ0v) is 13.5. The lowest BCUT2D eigenvalue weighted by Crippen LogP contribution is -2.50. The van der Waals surface area contributed by atoms with Crippen LogP contribution in [0.15, 0.2) is 24.5 Å². The van der Waals surface area contributed by atoms with Crippen LogP contribution < -0.4 is 5.32 Å². The highest BCUT2D eigenvalue weighted by Crippen LogP contribution is 2.32. The molecule has 2 heterocycles. The highest BCUT2D eigenvalue weighted by atomic mass is 16.2. The predicted octanol–water partition coefficient (Wildman–Crippen LogP) is 2.77. The van der Waals surface area contributed by atoms with E-state index in [0.29, 0.717) is 5.91 Å². The van der Waals surface area contributed by atoms with Crippen molar-refractivity contribution in [2.24, 2.45) is 11.8 Å². The molecule has 2 fully saturated rings. The number of hydrogen-bond donors (Lipinski definition) is 1. The number of pyridine rings is 1. The molecule has 0 bridgehead atoms. The molecular weight excluding hydrogens is 274 g/mol. The van der Waals surface area contributed by atoms with E-state index in [2.05, 4.69) is 28.2 Å². The molecule has 2 unspecified atom stereocenters. The van der Waals surface area contributed by atoms with Crippen LogP contribution in [0.25, 0.3) is 0 Å². The van der Waals surface area contributed by atoms with Gasteiger partial charge in [0, 0.05) is 37.9 Å². The molecule has 2 aliphatic rings. The van der Waals surface area contributed by atoms with Crippen molar-refractivity contribution in [1.82, 2.24) is 15.2 Å². The predicted molar refractivity (Wildman–Crippen MR) is 87.3 cm³/mol. The molecule has 0 radical (unpaired) electrons. The van der Waals surface area contributed by atoms with E-state index in [9.17, 15) is 4.79 Å². The molecule has 22 heavy (non-hydrogen) atoms. The summed E-state index contributed by atoms with van der Waals surface area (Å²) in [5, 5.41) is 3.41. The van der Waals surface area contributed by atoms with E-state index in [-0.39, 0.29) is 12.0 Å². The molecule has 2 atom stereocenters. The fraction of sp³-hybridized carbons (Fsp3) is 0.667. The van der Waals surface area contributed by atoms with E-state index in [1.807, 2.05) is 12.3 Å². The number of carbonyl (C=O) groups is 1. The van der Waals surface area contributed by atoms with Crippen LogP contribution in [0.1, 0.15) is 50.6 Å². The van der Waals surface area contributed by atoms with Gasteiger partial charge in [-0.05, 0) is 24.0 Å². The molecule has 4 nitrogen and oxygen atoms in total. The van der Waals surface area contributed by atoms with Gasteiger partial charge in [0.15, 0.2) is 0 Å². The molecule has 0 spiro atoms. The van der Waals surface area contributed by atoms with Gasteiger partial charge < -0.3 is 10.2 Å². The Kier molecular flexibility index (Phi) is 5.08.